The van der Waals surface area contributed by atoms with Crippen LogP contribution in [-0.4, -0.2) is 24.9 Å². The highest BCUT2D eigenvalue weighted by Gasteiger charge is 2.22. The highest BCUT2D eigenvalue weighted by molar-refractivity contribution is 6.06. The summed E-state index contributed by atoms with van der Waals surface area (Å²) in [4.78, 5) is 26.8. The molecule has 2 amide bonds. The minimum Gasteiger partial charge on any atom is -0.356 e. The largest absolute Gasteiger partial charge is 0.356 e. The van der Waals surface area contributed by atoms with Gasteiger partial charge in [-0.05, 0) is 62.6 Å². The first-order chi connectivity index (χ1) is 13.5. The summed E-state index contributed by atoms with van der Waals surface area (Å²) in [5, 5.41) is 2.99. The lowest BCUT2D eigenvalue weighted by molar-refractivity contribution is -0.124. The van der Waals surface area contributed by atoms with Crippen LogP contribution < -0.4 is 10.2 Å². The third kappa shape index (κ3) is 5.18. The number of hydrogen-bond acceptors (Lipinski definition) is 2. The fourth-order valence-corrected chi connectivity index (χ4v) is 3.60. The molecule has 1 aliphatic rings. The topological polar surface area (TPSA) is 49.4 Å². The Labute approximate surface area is 165 Å². The molecule has 1 fully saturated rings. The second-order valence-electron chi connectivity index (χ2n) is 7.43. The van der Waals surface area contributed by atoms with Gasteiger partial charge in [-0.2, -0.15) is 0 Å². The van der Waals surface area contributed by atoms with Gasteiger partial charge in [-0.3, -0.25) is 9.59 Å². The number of benzene rings is 2. The molecule has 0 unspecified atom stereocenters. The van der Waals surface area contributed by atoms with Crippen molar-refractivity contribution >= 4 is 17.5 Å². The van der Waals surface area contributed by atoms with Crippen molar-refractivity contribution in [2.45, 2.75) is 39.0 Å². The summed E-state index contributed by atoms with van der Waals surface area (Å²) in [6.45, 7) is 2.94. The van der Waals surface area contributed by atoms with Gasteiger partial charge in [0.2, 0.25) is 5.91 Å². The van der Waals surface area contributed by atoms with E-state index in [4.69, 9.17) is 0 Å². The summed E-state index contributed by atoms with van der Waals surface area (Å²) in [5.74, 6) is -0.206. The maximum absolute atomic E-state index is 13.3. The number of amides is 2. The Morgan fingerprint density at radius 3 is 2.32 bits per heavy atom. The summed E-state index contributed by atoms with van der Waals surface area (Å²) >= 11 is 0. The Balaban J connectivity index is 1.64. The van der Waals surface area contributed by atoms with Gasteiger partial charge in [0.15, 0.2) is 0 Å². The number of rotatable bonds is 7. The standard InChI is InChI=1S/C23H27FN2O2/c1-17-7-9-19(10-8-17)23(28)26(21-13-11-20(24)12-14-21)16-4-15-25-22(27)18-5-2-3-6-18/h7-14,18H,2-6,15-16H2,1H3,(H,25,27). The van der Waals surface area contributed by atoms with Crippen LogP contribution in [0.5, 0.6) is 0 Å². The van der Waals surface area contributed by atoms with Crippen molar-refractivity contribution in [2.75, 3.05) is 18.0 Å². The second-order valence-corrected chi connectivity index (χ2v) is 7.43. The van der Waals surface area contributed by atoms with E-state index in [1.54, 1.807) is 29.2 Å². The number of hydrogen-bond donors (Lipinski definition) is 1. The van der Waals surface area contributed by atoms with Crippen molar-refractivity contribution in [1.82, 2.24) is 5.32 Å². The van der Waals surface area contributed by atoms with Gasteiger partial charge < -0.3 is 10.2 Å². The first kappa shape index (κ1) is 20.1. The molecule has 5 heteroatoms. The van der Waals surface area contributed by atoms with E-state index in [-0.39, 0.29) is 23.5 Å². The molecule has 28 heavy (non-hydrogen) atoms. The number of nitrogens with one attached hydrogen (secondary N) is 1. The molecule has 4 nitrogen and oxygen atoms in total. The van der Waals surface area contributed by atoms with Gasteiger partial charge in [-0.1, -0.05) is 30.5 Å². The van der Waals surface area contributed by atoms with Crippen LogP contribution in [0.1, 0.15) is 48.0 Å². The van der Waals surface area contributed by atoms with Gasteiger partial charge in [0.25, 0.3) is 5.91 Å². The quantitative estimate of drug-likeness (QED) is 0.718. The molecule has 1 aliphatic carbocycles. The van der Waals surface area contributed by atoms with Crippen LogP contribution in [-0.2, 0) is 4.79 Å². The predicted octanol–water partition coefficient (Wildman–Crippen LogP) is 4.48. The molecule has 2 aromatic carbocycles. The highest BCUT2D eigenvalue weighted by Crippen LogP contribution is 2.24. The smallest absolute Gasteiger partial charge is 0.258 e. The van der Waals surface area contributed by atoms with E-state index in [1.807, 2.05) is 19.1 Å². The Morgan fingerprint density at radius 1 is 1.04 bits per heavy atom. The summed E-state index contributed by atoms with van der Waals surface area (Å²) in [6.07, 6.45) is 4.83. The van der Waals surface area contributed by atoms with Crippen molar-refractivity contribution in [1.29, 1.82) is 0 Å². The monoisotopic (exact) mass is 382 g/mol. The zero-order valence-corrected chi connectivity index (χ0v) is 16.3. The molecule has 1 N–H and O–H groups in total. The lowest BCUT2D eigenvalue weighted by Gasteiger charge is -2.23. The van der Waals surface area contributed by atoms with Crippen LogP contribution in [0.15, 0.2) is 48.5 Å². The van der Waals surface area contributed by atoms with Crippen LogP contribution >= 0.6 is 0 Å². The van der Waals surface area contributed by atoms with E-state index in [0.29, 0.717) is 30.8 Å². The van der Waals surface area contributed by atoms with Crippen molar-refractivity contribution in [2.24, 2.45) is 5.92 Å². The SMILES string of the molecule is Cc1ccc(C(=O)N(CCCNC(=O)C2CCCC2)c2ccc(F)cc2)cc1. The Hall–Kier alpha value is -2.69. The Bertz CT molecular complexity index is 796. The first-order valence-electron chi connectivity index (χ1n) is 9.96. The summed E-state index contributed by atoms with van der Waals surface area (Å²) < 4.78 is 13.3. The third-order valence-electron chi connectivity index (χ3n) is 5.27. The first-order valence-corrected chi connectivity index (χ1v) is 9.96. The van der Waals surface area contributed by atoms with Crippen LogP contribution in [0.3, 0.4) is 0 Å². The molecule has 0 atom stereocenters. The van der Waals surface area contributed by atoms with E-state index in [0.717, 1.165) is 31.2 Å². The summed E-state index contributed by atoms with van der Waals surface area (Å²) in [6, 6.07) is 13.3. The van der Waals surface area contributed by atoms with E-state index in [9.17, 15) is 14.0 Å². The molecular formula is C23H27FN2O2. The van der Waals surface area contributed by atoms with Crippen LogP contribution in [0.4, 0.5) is 10.1 Å². The van der Waals surface area contributed by atoms with E-state index in [1.165, 1.54) is 12.1 Å². The Kier molecular flexibility index (Phi) is 6.80. The van der Waals surface area contributed by atoms with E-state index < -0.39 is 0 Å². The molecule has 2 aromatic rings. The minimum absolute atomic E-state index is 0.121. The predicted molar refractivity (Wildman–Crippen MR) is 109 cm³/mol. The molecule has 0 radical (unpaired) electrons. The normalized spacial score (nSPS) is 14.1. The van der Waals surface area contributed by atoms with Crippen molar-refractivity contribution in [3.63, 3.8) is 0 Å². The molecule has 0 aromatic heterocycles. The zero-order chi connectivity index (χ0) is 19.9. The van der Waals surface area contributed by atoms with Crippen molar-refractivity contribution in [3.05, 3.63) is 65.5 Å². The second kappa shape index (κ2) is 9.49. The van der Waals surface area contributed by atoms with Crippen LogP contribution in [0.2, 0.25) is 0 Å². The van der Waals surface area contributed by atoms with Gasteiger partial charge in [-0.25, -0.2) is 4.39 Å². The molecule has 3 rings (SSSR count). The summed E-state index contributed by atoms with van der Waals surface area (Å²) in [5.41, 5.74) is 2.32. The molecular weight excluding hydrogens is 355 g/mol. The lowest BCUT2D eigenvalue weighted by atomic mass is 10.1. The number of halogens is 1. The zero-order valence-electron chi connectivity index (χ0n) is 16.3. The number of carbonyl (C=O) groups is 2. The Morgan fingerprint density at radius 2 is 1.68 bits per heavy atom. The molecule has 0 heterocycles. The highest BCUT2D eigenvalue weighted by atomic mass is 19.1. The third-order valence-corrected chi connectivity index (χ3v) is 5.27. The lowest BCUT2D eigenvalue weighted by Crippen LogP contribution is -2.35. The van der Waals surface area contributed by atoms with Gasteiger partial charge in [0.05, 0.1) is 0 Å². The van der Waals surface area contributed by atoms with Gasteiger partial charge in [-0.15, -0.1) is 0 Å². The summed E-state index contributed by atoms with van der Waals surface area (Å²) in [7, 11) is 0. The fourth-order valence-electron chi connectivity index (χ4n) is 3.60. The fraction of sp³-hybridized carbons (Fsp3) is 0.391. The number of nitrogens with zero attached hydrogens (tertiary/aromatic N) is 1. The van der Waals surface area contributed by atoms with E-state index >= 15 is 0 Å². The minimum atomic E-state index is -0.338. The average molecular weight is 382 g/mol. The van der Waals surface area contributed by atoms with Gasteiger partial charge in [0.1, 0.15) is 5.82 Å². The molecule has 1 saturated carbocycles. The number of aryl methyl sites for hydroxylation is 1. The number of carbonyl (C=O) groups excluding carboxylic acids is 2. The maximum Gasteiger partial charge on any atom is 0.258 e. The molecule has 0 saturated heterocycles. The van der Waals surface area contributed by atoms with E-state index in [2.05, 4.69) is 5.32 Å². The van der Waals surface area contributed by atoms with Crippen molar-refractivity contribution in [3.8, 4) is 0 Å². The van der Waals surface area contributed by atoms with Crippen LogP contribution in [0, 0.1) is 18.7 Å². The molecule has 0 bridgehead atoms. The number of anilines is 1. The van der Waals surface area contributed by atoms with Gasteiger partial charge in [0, 0.05) is 30.3 Å². The maximum atomic E-state index is 13.3. The van der Waals surface area contributed by atoms with Gasteiger partial charge >= 0.3 is 0 Å². The van der Waals surface area contributed by atoms with Crippen LogP contribution in [0.25, 0.3) is 0 Å². The molecule has 148 valence electrons. The average Bonchev–Trinajstić information content (AvgIpc) is 3.24. The molecule has 0 aliphatic heterocycles. The molecule has 0 spiro atoms. The van der Waals surface area contributed by atoms with Crippen molar-refractivity contribution < 1.29 is 14.0 Å².